The summed E-state index contributed by atoms with van der Waals surface area (Å²) in [5.41, 5.74) is 0.635. The number of hydrogen-bond donors (Lipinski definition) is 3. The number of aromatic hydroxyl groups is 1. The molecule has 2 rings (SSSR count). The minimum absolute atomic E-state index is 0.192. The maximum absolute atomic E-state index is 13.3. The molecule has 0 bridgehead atoms. The largest absolute Gasteiger partial charge is 0.504 e. The summed E-state index contributed by atoms with van der Waals surface area (Å²) in [5.74, 6) is -2.44. The van der Waals surface area contributed by atoms with Crippen molar-refractivity contribution in [3.63, 3.8) is 0 Å². The number of benzene rings is 1. The van der Waals surface area contributed by atoms with Crippen molar-refractivity contribution in [2.75, 3.05) is 6.54 Å². The van der Waals surface area contributed by atoms with Gasteiger partial charge in [-0.25, -0.2) is 4.39 Å². The van der Waals surface area contributed by atoms with Crippen LogP contribution in [0.1, 0.15) is 18.0 Å². The molecular formula is C11H11BrFNO3. The van der Waals surface area contributed by atoms with Crippen molar-refractivity contribution < 1.29 is 19.4 Å². The van der Waals surface area contributed by atoms with E-state index in [2.05, 4.69) is 21.2 Å². The molecule has 3 N–H and O–H groups in total. The van der Waals surface area contributed by atoms with E-state index < -0.39 is 23.5 Å². The Balaban J connectivity index is 2.22. The lowest BCUT2D eigenvalue weighted by molar-refractivity contribution is -0.141. The van der Waals surface area contributed by atoms with E-state index in [0.717, 1.165) is 0 Å². The van der Waals surface area contributed by atoms with Crippen molar-refractivity contribution in [3.8, 4) is 5.75 Å². The molecule has 2 atom stereocenters. The Hall–Kier alpha value is -1.14. The van der Waals surface area contributed by atoms with Gasteiger partial charge in [0.1, 0.15) is 0 Å². The van der Waals surface area contributed by atoms with Crippen molar-refractivity contribution >= 4 is 21.9 Å². The van der Waals surface area contributed by atoms with E-state index >= 15 is 0 Å². The smallest absolute Gasteiger partial charge is 0.307 e. The van der Waals surface area contributed by atoms with E-state index in [9.17, 15) is 14.3 Å². The van der Waals surface area contributed by atoms with Crippen LogP contribution in [0, 0.1) is 11.7 Å². The molecule has 4 nitrogen and oxygen atoms in total. The molecule has 2 unspecified atom stereocenters. The van der Waals surface area contributed by atoms with Crippen LogP contribution in [0.2, 0.25) is 0 Å². The lowest BCUT2D eigenvalue weighted by atomic mass is 10.00. The maximum Gasteiger partial charge on any atom is 0.307 e. The summed E-state index contributed by atoms with van der Waals surface area (Å²) in [6, 6.07) is 2.63. The molecule has 0 radical (unpaired) electrons. The molecule has 0 saturated carbocycles. The van der Waals surface area contributed by atoms with E-state index in [0.29, 0.717) is 18.5 Å². The van der Waals surface area contributed by atoms with Crippen LogP contribution in [0.4, 0.5) is 4.39 Å². The number of carboxylic acid groups (broad SMARTS) is 1. The first-order chi connectivity index (χ1) is 7.99. The number of halogens is 2. The Morgan fingerprint density at radius 3 is 2.76 bits per heavy atom. The monoisotopic (exact) mass is 303 g/mol. The Kier molecular flexibility index (Phi) is 3.35. The van der Waals surface area contributed by atoms with E-state index in [-0.39, 0.29) is 10.5 Å². The molecule has 0 amide bonds. The molecule has 1 aliphatic heterocycles. The molecule has 0 aliphatic carbocycles. The number of phenols is 1. The molecule has 1 aromatic carbocycles. The number of phenolic OH excluding ortho intramolecular Hbond substituents is 1. The lowest BCUT2D eigenvalue weighted by Gasteiger charge is -2.12. The van der Waals surface area contributed by atoms with Crippen LogP contribution in [0.25, 0.3) is 0 Å². The number of rotatable bonds is 2. The van der Waals surface area contributed by atoms with Crippen molar-refractivity contribution in [2.45, 2.75) is 12.5 Å². The van der Waals surface area contributed by atoms with Gasteiger partial charge in [0.15, 0.2) is 11.6 Å². The molecule has 0 aromatic heterocycles. The van der Waals surface area contributed by atoms with Crippen LogP contribution >= 0.6 is 15.9 Å². The second kappa shape index (κ2) is 4.62. The van der Waals surface area contributed by atoms with Gasteiger partial charge in [0.05, 0.1) is 10.4 Å². The van der Waals surface area contributed by atoms with E-state index in [1.54, 1.807) is 6.07 Å². The number of carboxylic acids is 1. The molecule has 92 valence electrons. The van der Waals surface area contributed by atoms with E-state index in [1.807, 2.05) is 0 Å². The highest BCUT2D eigenvalue weighted by Gasteiger charge is 2.30. The van der Waals surface area contributed by atoms with E-state index in [4.69, 9.17) is 5.11 Å². The van der Waals surface area contributed by atoms with Gasteiger partial charge in [-0.2, -0.15) is 0 Å². The Labute approximate surface area is 106 Å². The number of aliphatic carboxylic acids is 1. The number of hydrogen-bond acceptors (Lipinski definition) is 3. The van der Waals surface area contributed by atoms with Crippen LogP contribution < -0.4 is 5.32 Å². The minimum Gasteiger partial charge on any atom is -0.504 e. The van der Waals surface area contributed by atoms with Crippen molar-refractivity contribution in [3.05, 3.63) is 28.0 Å². The first-order valence-electron chi connectivity index (χ1n) is 5.13. The highest BCUT2D eigenvalue weighted by Crippen LogP contribution is 2.34. The molecule has 1 fully saturated rings. The average molecular weight is 304 g/mol. The van der Waals surface area contributed by atoms with Gasteiger partial charge in [0.2, 0.25) is 0 Å². The number of carbonyl (C=O) groups is 1. The van der Waals surface area contributed by atoms with Crippen LogP contribution in [0.3, 0.4) is 0 Å². The van der Waals surface area contributed by atoms with Crippen molar-refractivity contribution in [1.82, 2.24) is 5.32 Å². The average Bonchev–Trinajstić information content (AvgIpc) is 2.74. The van der Waals surface area contributed by atoms with Gasteiger partial charge in [0.25, 0.3) is 0 Å². The Bertz CT molecular complexity index is 443. The molecule has 17 heavy (non-hydrogen) atoms. The van der Waals surface area contributed by atoms with Crippen molar-refractivity contribution in [2.24, 2.45) is 5.92 Å². The SMILES string of the molecule is O=C(O)C1CNC(c2cc(F)c(O)c(Br)c2)C1. The van der Waals surface area contributed by atoms with Crippen LogP contribution in [-0.2, 0) is 4.79 Å². The van der Waals surface area contributed by atoms with Gasteiger partial charge in [-0.3, -0.25) is 4.79 Å². The first kappa shape index (κ1) is 12.3. The summed E-state index contributed by atoms with van der Waals surface area (Å²) >= 11 is 3.05. The fourth-order valence-electron chi connectivity index (χ4n) is 1.96. The first-order valence-corrected chi connectivity index (χ1v) is 5.92. The normalized spacial score (nSPS) is 23.9. The second-order valence-corrected chi connectivity index (χ2v) is 4.92. The zero-order valence-electron chi connectivity index (χ0n) is 8.78. The third-order valence-corrected chi connectivity index (χ3v) is 3.53. The lowest BCUT2D eigenvalue weighted by Crippen LogP contribution is -2.17. The highest BCUT2D eigenvalue weighted by molar-refractivity contribution is 9.10. The minimum atomic E-state index is -0.849. The van der Waals surface area contributed by atoms with Gasteiger partial charge in [-0.1, -0.05) is 0 Å². The Morgan fingerprint density at radius 1 is 1.53 bits per heavy atom. The Morgan fingerprint density at radius 2 is 2.24 bits per heavy atom. The number of nitrogens with one attached hydrogen (secondary N) is 1. The van der Waals surface area contributed by atoms with Gasteiger partial charge < -0.3 is 15.5 Å². The predicted molar refractivity (Wildman–Crippen MR) is 62.3 cm³/mol. The van der Waals surface area contributed by atoms with Gasteiger partial charge in [0, 0.05) is 12.6 Å². The van der Waals surface area contributed by atoms with Crippen LogP contribution in [-0.4, -0.2) is 22.7 Å². The van der Waals surface area contributed by atoms with Gasteiger partial charge in [-0.15, -0.1) is 0 Å². The van der Waals surface area contributed by atoms with Gasteiger partial charge in [-0.05, 0) is 40.0 Å². The summed E-state index contributed by atoms with van der Waals surface area (Å²) in [5, 5.41) is 21.2. The molecule has 1 heterocycles. The molecule has 1 aliphatic rings. The fraction of sp³-hybridized carbons (Fsp3) is 0.364. The topological polar surface area (TPSA) is 69.6 Å². The molecule has 6 heteroatoms. The van der Waals surface area contributed by atoms with Crippen LogP contribution in [0.15, 0.2) is 16.6 Å². The summed E-state index contributed by atoms with van der Waals surface area (Å²) in [6.07, 6.45) is 0.423. The third kappa shape index (κ3) is 2.42. The highest BCUT2D eigenvalue weighted by atomic mass is 79.9. The van der Waals surface area contributed by atoms with E-state index in [1.165, 1.54) is 6.07 Å². The molecule has 0 spiro atoms. The summed E-state index contributed by atoms with van der Waals surface area (Å²) in [4.78, 5) is 10.8. The zero-order valence-corrected chi connectivity index (χ0v) is 10.4. The summed E-state index contributed by atoms with van der Waals surface area (Å²) in [6.45, 7) is 0.375. The predicted octanol–water partition coefficient (Wildman–Crippen LogP) is 2.03. The fourth-order valence-corrected chi connectivity index (χ4v) is 2.42. The quantitative estimate of drug-likeness (QED) is 0.782. The molecular weight excluding hydrogens is 293 g/mol. The van der Waals surface area contributed by atoms with Crippen LogP contribution in [0.5, 0.6) is 5.75 Å². The third-order valence-electron chi connectivity index (χ3n) is 2.92. The zero-order chi connectivity index (χ0) is 12.6. The summed E-state index contributed by atoms with van der Waals surface area (Å²) in [7, 11) is 0. The second-order valence-electron chi connectivity index (χ2n) is 4.06. The summed E-state index contributed by atoms with van der Waals surface area (Å²) < 4.78 is 13.6. The standard InChI is InChI=1S/C11H11BrFNO3/c12-7-1-5(2-8(13)10(7)15)9-3-6(4-14-9)11(16)17/h1-2,6,9,14-15H,3-4H2,(H,16,17). The molecule has 1 saturated heterocycles. The molecule has 1 aromatic rings. The van der Waals surface area contributed by atoms with Crippen molar-refractivity contribution in [1.29, 1.82) is 0 Å². The van der Waals surface area contributed by atoms with Gasteiger partial charge >= 0.3 is 5.97 Å². The maximum atomic E-state index is 13.3.